The maximum absolute atomic E-state index is 12.8. The summed E-state index contributed by atoms with van der Waals surface area (Å²) in [6.45, 7) is 1.41. The lowest BCUT2D eigenvalue weighted by Gasteiger charge is -2.14. The van der Waals surface area contributed by atoms with Gasteiger partial charge >= 0.3 is 5.97 Å². The zero-order chi connectivity index (χ0) is 22.8. The minimum absolute atomic E-state index is 0.0583. The maximum atomic E-state index is 12.8. The van der Waals surface area contributed by atoms with Crippen molar-refractivity contribution in [1.82, 2.24) is 9.78 Å². The predicted molar refractivity (Wildman–Crippen MR) is 117 cm³/mol. The summed E-state index contributed by atoms with van der Waals surface area (Å²) < 4.78 is 7.10. The van der Waals surface area contributed by atoms with E-state index in [-0.39, 0.29) is 22.1 Å². The van der Waals surface area contributed by atoms with Gasteiger partial charge < -0.3 is 10.1 Å². The number of nitro groups is 1. The molecule has 9 nitrogen and oxygen atoms in total. The smallest absolute Gasteiger partial charge is 0.359 e. The Morgan fingerprint density at radius 2 is 1.97 bits per heavy atom. The van der Waals surface area contributed by atoms with Crippen molar-refractivity contribution < 1.29 is 19.2 Å². The van der Waals surface area contributed by atoms with Gasteiger partial charge in [0.2, 0.25) is 0 Å². The molecule has 1 amide bonds. The predicted octanol–water partition coefficient (Wildman–Crippen LogP) is 4.11. The molecule has 1 unspecified atom stereocenters. The van der Waals surface area contributed by atoms with E-state index in [4.69, 9.17) is 16.3 Å². The Kier molecular flexibility index (Phi) is 5.91. The molecule has 1 aliphatic rings. The maximum Gasteiger partial charge on any atom is 0.359 e. The van der Waals surface area contributed by atoms with Crippen LogP contribution in [0.4, 0.5) is 11.4 Å². The summed E-state index contributed by atoms with van der Waals surface area (Å²) in [5.74, 6) is -1.37. The normalized spacial score (nSPS) is 13.3. The minimum Gasteiger partial charge on any atom is -0.448 e. The van der Waals surface area contributed by atoms with Crippen molar-refractivity contribution in [1.29, 1.82) is 0 Å². The number of carbonyl (C=O) groups excluding carboxylic acids is 2. The molecule has 0 saturated heterocycles. The number of non-ortho nitro benzene ring substituents is 1. The van der Waals surface area contributed by atoms with Gasteiger partial charge in [0.15, 0.2) is 11.8 Å². The number of para-hydroxylation sites is 1. The molecule has 0 saturated carbocycles. The number of ether oxygens (including phenoxy) is 1. The third-order valence-electron chi connectivity index (χ3n) is 5.20. The fourth-order valence-corrected chi connectivity index (χ4v) is 3.78. The first kappa shape index (κ1) is 21.5. The second-order valence-corrected chi connectivity index (χ2v) is 7.74. The first-order chi connectivity index (χ1) is 15.3. The van der Waals surface area contributed by atoms with Crippen molar-refractivity contribution in [3.8, 4) is 5.69 Å². The summed E-state index contributed by atoms with van der Waals surface area (Å²) >= 11 is 6.02. The highest BCUT2D eigenvalue weighted by atomic mass is 35.5. The second-order valence-electron chi connectivity index (χ2n) is 7.33. The second kappa shape index (κ2) is 8.80. The SMILES string of the molecule is CC(OC(=O)c1nn(-c2ccccc2)c2c1CCC2)C(=O)Nc1cc([N+](=O)[O-])ccc1Cl. The Morgan fingerprint density at radius 3 is 2.69 bits per heavy atom. The number of hydrogen-bond donors (Lipinski definition) is 1. The zero-order valence-corrected chi connectivity index (χ0v) is 17.8. The molecule has 0 bridgehead atoms. The number of benzene rings is 2. The molecule has 164 valence electrons. The number of nitro benzene ring substituents is 1. The highest BCUT2D eigenvalue weighted by Crippen LogP contribution is 2.29. The molecular formula is C22H19ClN4O5. The molecule has 1 atom stereocenters. The standard InChI is InChI=1S/C22H19ClN4O5/c1-13(21(28)24-18-12-15(27(30)31)10-11-17(18)23)32-22(29)20-16-8-5-9-19(16)26(25-20)14-6-3-2-4-7-14/h2-4,6-7,10-13H,5,8-9H2,1H3,(H,24,28). The van der Waals surface area contributed by atoms with Gasteiger partial charge in [-0.1, -0.05) is 29.8 Å². The van der Waals surface area contributed by atoms with Crippen LogP contribution in [0.1, 0.15) is 35.1 Å². The van der Waals surface area contributed by atoms with E-state index in [9.17, 15) is 19.7 Å². The fourth-order valence-electron chi connectivity index (χ4n) is 3.61. The summed E-state index contributed by atoms with van der Waals surface area (Å²) in [5.41, 5.74) is 2.65. The van der Waals surface area contributed by atoms with Crippen LogP contribution in [0.3, 0.4) is 0 Å². The van der Waals surface area contributed by atoms with Crippen LogP contribution in [0.25, 0.3) is 5.69 Å². The number of nitrogens with one attached hydrogen (secondary N) is 1. The van der Waals surface area contributed by atoms with Gasteiger partial charge in [0.25, 0.3) is 11.6 Å². The van der Waals surface area contributed by atoms with E-state index in [0.717, 1.165) is 35.9 Å². The number of anilines is 1. The summed E-state index contributed by atoms with van der Waals surface area (Å²) in [7, 11) is 0. The number of fused-ring (bicyclic) bond motifs is 1. The van der Waals surface area contributed by atoms with E-state index < -0.39 is 22.9 Å². The van der Waals surface area contributed by atoms with Gasteiger partial charge in [0, 0.05) is 23.4 Å². The Bertz CT molecular complexity index is 1210. The van der Waals surface area contributed by atoms with Crippen LogP contribution < -0.4 is 5.32 Å². The number of halogens is 1. The first-order valence-corrected chi connectivity index (χ1v) is 10.3. The zero-order valence-electron chi connectivity index (χ0n) is 17.1. The number of aromatic nitrogens is 2. The van der Waals surface area contributed by atoms with Gasteiger partial charge in [-0.15, -0.1) is 0 Å². The van der Waals surface area contributed by atoms with Crippen molar-refractivity contribution in [3.63, 3.8) is 0 Å². The van der Waals surface area contributed by atoms with Crippen LogP contribution in [-0.4, -0.2) is 32.7 Å². The lowest BCUT2D eigenvalue weighted by Crippen LogP contribution is -2.30. The molecule has 0 fully saturated rings. The highest BCUT2D eigenvalue weighted by molar-refractivity contribution is 6.33. The lowest BCUT2D eigenvalue weighted by atomic mass is 10.2. The van der Waals surface area contributed by atoms with E-state index in [1.807, 2.05) is 30.3 Å². The number of esters is 1. The molecule has 10 heteroatoms. The van der Waals surface area contributed by atoms with Gasteiger partial charge in [-0.3, -0.25) is 14.9 Å². The summed E-state index contributed by atoms with van der Waals surface area (Å²) in [5, 5.41) is 18.0. The van der Waals surface area contributed by atoms with Crippen LogP contribution in [0, 0.1) is 10.1 Å². The van der Waals surface area contributed by atoms with Crippen LogP contribution >= 0.6 is 11.6 Å². The molecule has 2 aromatic carbocycles. The lowest BCUT2D eigenvalue weighted by molar-refractivity contribution is -0.384. The topological polar surface area (TPSA) is 116 Å². The molecule has 1 heterocycles. The van der Waals surface area contributed by atoms with Crippen molar-refractivity contribution in [2.75, 3.05) is 5.32 Å². The number of rotatable bonds is 6. The Labute approximate surface area is 188 Å². The van der Waals surface area contributed by atoms with Gasteiger partial charge in [0.1, 0.15) is 0 Å². The van der Waals surface area contributed by atoms with Gasteiger partial charge in [-0.2, -0.15) is 5.10 Å². The third-order valence-corrected chi connectivity index (χ3v) is 5.53. The monoisotopic (exact) mass is 454 g/mol. The van der Waals surface area contributed by atoms with E-state index in [1.54, 1.807) is 4.68 Å². The van der Waals surface area contributed by atoms with Crippen molar-refractivity contribution in [3.05, 3.63) is 80.6 Å². The largest absolute Gasteiger partial charge is 0.448 e. The molecule has 0 aliphatic heterocycles. The van der Waals surface area contributed by atoms with E-state index in [1.165, 1.54) is 19.1 Å². The van der Waals surface area contributed by atoms with E-state index in [0.29, 0.717) is 6.42 Å². The Hall–Kier alpha value is -3.72. The number of hydrogen-bond acceptors (Lipinski definition) is 6. The first-order valence-electron chi connectivity index (χ1n) is 9.97. The van der Waals surface area contributed by atoms with E-state index >= 15 is 0 Å². The number of carbonyl (C=O) groups is 2. The molecule has 4 rings (SSSR count). The highest BCUT2D eigenvalue weighted by Gasteiger charge is 2.30. The van der Waals surface area contributed by atoms with Crippen LogP contribution in [0.2, 0.25) is 5.02 Å². The summed E-state index contributed by atoms with van der Waals surface area (Å²) in [6.07, 6.45) is 1.24. The molecule has 0 spiro atoms. The van der Waals surface area contributed by atoms with Crippen molar-refractivity contribution in [2.24, 2.45) is 0 Å². The van der Waals surface area contributed by atoms with Crippen molar-refractivity contribution >= 4 is 34.9 Å². The number of nitrogens with zero attached hydrogens (tertiary/aromatic N) is 3. The third kappa shape index (κ3) is 4.19. The quantitative estimate of drug-likeness (QED) is 0.340. The molecule has 1 aromatic heterocycles. The molecule has 0 radical (unpaired) electrons. The average molecular weight is 455 g/mol. The molecular weight excluding hydrogens is 436 g/mol. The average Bonchev–Trinajstić information content (AvgIpc) is 3.38. The molecule has 1 aliphatic carbocycles. The minimum atomic E-state index is -1.17. The molecule has 1 N–H and O–H groups in total. The van der Waals surface area contributed by atoms with Crippen LogP contribution in [-0.2, 0) is 22.4 Å². The van der Waals surface area contributed by atoms with Gasteiger partial charge in [0.05, 0.1) is 21.3 Å². The molecule has 3 aromatic rings. The number of amides is 1. The van der Waals surface area contributed by atoms with Crippen LogP contribution in [0.5, 0.6) is 0 Å². The Morgan fingerprint density at radius 1 is 1.22 bits per heavy atom. The van der Waals surface area contributed by atoms with Gasteiger partial charge in [-0.05, 0) is 44.4 Å². The van der Waals surface area contributed by atoms with Gasteiger partial charge in [-0.25, -0.2) is 9.48 Å². The summed E-state index contributed by atoms with van der Waals surface area (Å²) in [6, 6.07) is 13.2. The van der Waals surface area contributed by atoms with Crippen LogP contribution in [0.15, 0.2) is 48.5 Å². The Balaban J connectivity index is 1.51. The van der Waals surface area contributed by atoms with E-state index in [2.05, 4.69) is 10.4 Å². The summed E-state index contributed by atoms with van der Waals surface area (Å²) in [4.78, 5) is 35.7. The van der Waals surface area contributed by atoms with Crippen molar-refractivity contribution in [2.45, 2.75) is 32.3 Å². The molecule has 32 heavy (non-hydrogen) atoms. The fraction of sp³-hybridized carbons (Fsp3) is 0.227.